The number of benzene rings is 1. The minimum absolute atomic E-state index is 0.00135. The van der Waals surface area contributed by atoms with Crippen molar-refractivity contribution in [3.8, 4) is 0 Å². The van der Waals surface area contributed by atoms with Crippen LogP contribution in [-0.4, -0.2) is 59.6 Å². The standard InChI is InChI=1S/C20H23N3O4/c1-2-17(24)21-10-7-18(25)22-11-8-14(9-12-22)13-23-19(26)15-5-3-4-6-16(15)20(23)27/h2-6,14H,1,7-13H2,(H,21,24). The van der Waals surface area contributed by atoms with Gasteiger partial charge in [-0.1, -0.05) is 18.7 Å². The second-order valence-electron chi connectivity index (χ2n) is 6.84. The quantitative estimate of drug-likeness (QED) is 0.603. The van der Waals surface area contributed by atoms with Gasteiger partial charge in [-0.05, 0) is 37.0 Å². The first-order valence-corrected chi connectivity index (χ1v) is 9.14. The second-order valence-corrected chi connectivity index (χ2v) is 6.84. The molecule has 0 bridgehead atoms. The van der Waals surface area contributed by atoms with E-state index in [2.05, 4.69) is 11.9 Å². The summed E-state index contributed by atoms with van der Waals surface area (Å²) in [6, 6.07) is 6.88. The van der Waals surface area contributed by atoms with Gasteiger partial charge in [0, 0.05) is 32.6 Å². The molecule has 7 nitrogen and oxygen atoms in total. The fraction of sp³-hybridized carbons (Fsp3) is 0.400. The molecule has 2 heterocycles. The summed E-state index contributed by atoms with van der Waals surface area (Å²) in [6.45, 7) is 5.24. The van der Waals surface area contributed by atoms with Gasteiger partial charge in [0.05, 0.1) is 11.1 Å². The van der Waals surface area contributed by atoms with Crippen molar-refractivity contribution in [3.05, 3.63) is 48.0 Å². The van der Waals surface area contributed by atoms with Crippen molar-refractivity contribution in [1.29, 1.82) is 0 Å². The molecule has 2 aliphatic heterocycles. The summed E-state index contributed by atoms with van der Waals surface area (Å²) >= 11 is 0. The number of nitrogens with zero attached hydrogens (tertiary/aromatic N) is 2. The van der Waals surface area contributed by atoms with E-state index in [9.17, 15) is 19.2 Å². The Morgan fingerprint density at radius 3 is 2.26 bits per heavy atom. The first-order chi connectivity index (χ1) is 13.0. The third-order valence-corrected chi connectivity index (χ3v) is 5.11. The lowest BCUT2D eigenvalue weighted by Gasteiger charge is -2.33. The lowest BCUT2D eigenvalue weighted by molar-refractivity contribution is -0.132. The number of likely N-dealkylation sites (tertiary alicyclic amines) is 1. The number of piperidine rings is 1. The summed E-state index contributed by atoms with van der Waals surface area (Å²) in [5, 5.41) is 2.59. The van der Waals surface area contributed by atoms with Crippen LogP contribution in [0.25, 0.3) is 0 Å². The number of carbonyl (C=O) groups is 4. The Hall–Kier alpha value is -2.96. The average Bonchev–Trinajstić information content (AvgIpc) is 2.93. The Bertz CT molecular complexity index is 746. The highest BCUT2D eigenvalue weighted by Crippen LogP contribution is 2.26. The molecule has 0 aromatic heterocycles. The van der Waals surface area contributed by atoms with Crippen LogP contribution < -0.4 is 5.32 Å². The summed E-state index contributed by atoms with van der Waals surface area (Å²) in [5.41, 5.74) is 0.938. The molecule has 2 aliphatic rings. The van der Waals surface area contributed by atoms with Gasteiger partial charge in [-0.15, -0.1) is 0 Å². The summed E-state index contributed by atoms with van der Waals surface area (Å²) in [7, 11) is 0. The fourth-order valence-electron chi connectivity index (χ4n) is 3.55. The molecular formula is C20H23N3O4. The van der Waals surface area contributed by atoms with Crippen molar-refractivity contribution in [1.82, 2.24) is 15.1 Å². The van der Waals surface area contributed by atoms with Gasteiger partial charge in [0.2, 0.25) is 11.8 Å². The van der Waals surface area contributed by atoms with E-state index in [1.165, 1.54) is 11.0 Å². The van der Waals surface area contributed by atoms with E-state index in [0.29, 0.717) is 37.3 Å². The van der Waals surface area contributed by atoms with Gasteiger partial charge in [0.15, 0.2) is 0 Å². The molecular weight excluding hydrogens is 346 g/mol. The first-order valence-electron chi connectivity index (χ1n) is 9.14. The van der Waals surface area contributed by atoms with Crippen LogP contribution in [0.1, 0.15) is 40.0 Å². The summed E-state index contributed by atoms with van der Waals surface area (Å²) in [4.78, 5) is 51.3. The zero-order valence-electron chi connectivity index (χ0n) is 15.1. The average molecular weight is 369 g/mol. The number of imide groups is 1. The topological polar surface area (TPSA) is 86.8 Å². The summed E-state index contributed by atoms with van der Waals surface area (Å²) < 4.78 is 0. The van der Waals surface area contributed by atoms with Crippen LogP contribution >= 0.6 is 0 Å². The van der Waals surface area contributed by atoms with Gasteiger partial charge < -0.3 is 10.2 Å². The van der Waals surface area contributed by atoms with E-state index < -0.39 is 0 Å². The van der Waals surface area contributed by atoms with Crippen molar-refractivity contribution in [2.24, 2.45) is 5.92 Å². The SMILES string of the molecule is C=CC(=O)NCCC(=O)N1CCC(CN2C(=O)c3ccccc3C2=O)CC1. The van der Waals surface area contributed by atoms with Gasteiger partial charge in [0.1, 0.15) is 0 Å². The number of carbonyl (C=O) groups excluding carboxylic acids is 4. The maximum absolute atomic E-state index is 12.5. The van der Waals surface area contributed by atoms with E-state index in [1.54, 1.807) is 29.2 Å². The van der Waals surface area contributed by atoms with E-state index in [0.717, 1.165) is 12.8 Å². The lowest BCUT2D eigenvalue weighted by Crippen LogP contribution is -2.43. The number of nitrogens with one attached hydrogen (secondary N) is 1. The lowest BCUT2D eigenvalue weighted by atomic mass is 9.96. The van der Waals surface area contributed by atoms with Gasteiger partial charge in [-0.3, -0.25) is 24.1 Å². The van der Waals surface area contributed by atoms with Crippen LogP contribution in [0.3, 0.4) is 0 Å². The molecule has 4 amide bonds. The molecule has 3 rings (SSSR count). The van der Waals surface area contributed by atoms with Crippen molar-refractivity contribution in [2.45, 2.75) is 19.3 Å². The molecule has 0 radical (unpaired) electrons. The smallest absolute Gasteiger partial charge is 0.261 e. The maximum Gasteiger partial charge on any atom is 0.261 e. The predicted molar refractivity (Wildman–Crippen MR) is 98.9 cm³/mol. The Morgan fingerprint density at radius 2 is 1.70 bits per heavy atom. The van der Waals surface area contributed by atoms with Crippen molar-refractivity contribution < 1.29 is 19.2 Å². The molecule has 27 heavy (non-hydrogen) atoms. The largest absolute Gasteiger partial charge is 0.352 e. The van der Waals surface area contributed by atoms with E-state index in [1.807, 2.05) is 0 Å². The van der Waals surface area contributed by atoms with Crippen LogP contribution in [0, 0.1) is 5.92 Å². The molecule has 1 fully saturated rings. The highest BCUT2D eigenvalue weighted by Gasteiger charge is 2.37. The van der Waals surface area contributed by atoms with Crippen molar-refractivity contribution >= 4 is 23.6 Å². The molecule has 0 aliphatic carbocycles. The Labute approximate surface area is 158 Å². The summed E-state index contributed by atoms with van der Waals surface area (Å²) in [6.07, 6.45) is 2.92. The molecule has 0 unspecified atom stereocenters. The number of hydrogen-bond donors (Lipinski definition) is 1. The van der Waals surface area contributed by atoms with Crippen LogP contribution in [0.5, 0.6) is 0 Å². The monoisotopic (exact) mass is 369 g/mol. The highest BCUT2D eigenvalue weighted by atomic mass is 16.2. The number of rotatable bonds is 6. The Balaban J connectivity index is 1.47. The molecule has 7 heteroatoms. The molecule has 142 valence electrons. The molecule has 0 atom stereocenters. The number of hydrogen-bond acceptors (Lipinski definition) is 4. The van der Waals surface area contributed by atoms with Crippen LogP contribution in [-0.2, 0) is 9.59 Å². The fourth-order valence-corrected chi connectivity index (χ4v) is 3.55. The molecule has 0 saturated carbocycles. The normalized spacial score (nSPS) is 17.0. The third-order valence-electron chi connectivity index (χ3n) is 5.11. The van der Waals surface area contributed by atoms with Gasteiger partial charge in [0.25, 0.3) is 11.8 Å². The number of fused-ring (bicyclic) bond motifs is 1. The van der Waals surface area contributed by atoms with Crippen LogP contribution in [0.15, 0.2) is 36.9 Å². The van der Waals surface area contributed by atoms with Crippen molar-refractivity contribution in [3.63, 3.8) is 0 Å². The first kappa shape index (κ1) is 18.8. The number of amides is 4. The molecule has 1 saturated heterocycles. The molecule has 1 aromatic carbocycles. The van der Waals surface area contributed by atoms with Crippen molar-refractivity contribution in [2.75, 3.05) is 26.2 Å². The molecule has 1 aromatic rings. The zero-order chi connectivity index (χ0) is 19.4. The molecule has 0 spiro atoms. The minimum atomic E-state index is -0.289. The second kappa shape index (κ2) is 8.16. The predicted octanol–water partition coefficient (Wildman–Crippen LogP) is 1.21. The molecule has 1 N–H and O–H groups in total. The Kier molecular flexibility index (Phi) is 5.69. The van der Waals surface area contributed by atoms with E-state index in [-0.39, 0.29) is 36.0 Å². The highest BCUT2D eigenvalue weighted by molar-refractivity contribution is 6.21. The van der Waals surface area contributed by atoms with E-state index >= 15 is 0 Å². The Morgan fingerprint density at radius 1 is 1.11 bits per heavy atom. The van der Waals surface area contributed by atoms with Crippen LogP contribution in [0.2, 0.25) is 0 Å². The van der Waals surface area contributed by atoms with Crippen LogP contribution in [0.4, 0.5) is 0 Å². The van der Waals surface area contributed by atoms with Gasteiger partial charge in [-0.2, -0.15) is 0 Å². The third kappa shape index (κ3) is 4.07. The van der Waals surface area contributed by atoms with Gasteiger partial charge in [-0.25, -0.2) is 0 Å². The van der Waals surface area contributed by atoms with Gasteiger partial charge >= 0.3 is 0 Å². The zero-order valence-corrected chi connectivity index (χ0v) is 15.1. The summed E-state index contributed by atoms with van der Waals surface area (Å²) in [5.74, 6) is -0.558. The van der Waals surface area contributed by atoms with E-state index in [4.69, 9.17) is 0 Å². The minimum Gasteiger partial charge on any atom is -0.352 e. The maximum atomic E-state index is 12.5.